The lowest BCUT2D eigenvalue weighted by Gasteiger charge is -2.20. The van der Waals surface area contributed by atoms with Gasteiger partial charge in [-0.25, -0.2) is 0 Å². The number of nitriles is 1. The fraction of sp³-hybridized carbons (Fsp3) is 0.583. The standard InChI is InChI=1S/C12H18N2O2/c1-15-10-8-14(7-3-2-6-13)11-12-5-4-9-16-12/h4-5,9H,2-3,7-8,10-11H2,1H3. The van der Waals surface area contributed by atoms with Gasteiger partial charge < -0.3 is 9.15 Å². The highest BCUT2D eigenvalue weighted by Crippen LogP contribution is 2.06. The molecule has 0 N–H and O–H groups in total. The van der Waals surface area contributed by atoms with Crippen LogP contribution in [0.25, 0.3) is 0 Å². The van der Waals surface area contributed by atoms with Gasteiger partial charge >= 0.3 is 0 Å². The summed E-state index contributed by atoms with van der Waals surface area (Å²) in [6.07, 6.45) is 3.17. The molecular formula is C12H18N2O2. The second-order valence-electron chi connectivity index (χ2n) is 3.61. The minimum Gasteiger partial charge on any atom is -0.468 e. The fourth-order valence-corrected chi connectivity index (χ4v) is 1.49. The molecule has 88 valence electrons. The summed E-state index contributed by atoms with van der Waals surface area (Å²) < 4.78 is 10.4. The molecule has 0 fully saturated rings. The molecule has 1 aromatic rings. The van der Waals surface area contributed by atoms with E-state index in [9.17, 15) is 0 Å². The van der Waals surface area contributed by atoms with Crippen molar-refractivity contribution in [2.45, 2.75) is 19.4 Å². The fourth-order valence-electron chi connectivity index (χ4n) is 1.49. The molecule has 0 atom stereocenters. The molecule has 1 aromatic heterocycles. The van der Waals surface area contributed by atoms with Crippen molar-refractivity contribution in [2.24, 2.45) is 0 Å². The van der Waals surface area contributed by atoms with Gasteiger partial charge in [0.05, 0.1) is 25.5 Å². The molecule has 0 saturated heterocycles. The topological polar surface area (TPSA) is 49.4 Å². The number of ether oxygens (including phenoxy) is 1. The average molecular weight is 222 g/mol. The summed E-state index contributed by atoms with van der Waals surface area (Å²) in [7, 11) is 1.69. The van der Waals surface area contributed by atoms with E-state index < -0.39 is 0 Å². The van der Waals surface area contributed by atoms with Crippen molar-refractivity contribution in [1.29, 1.82) is 5.26 Å². The molecule has 0 aliphatic heterocycles. The summed E-state index contributed by atoms with van der Waals surface area (Å²) in [6, 6.07) is 6.01. The summed E-state index contributed by atoms with van der Waals surface area (Å²) in [6.45, 7) is 3.25. The summed E-state index contributed by atoms with van der Waals surface area (Å²) in [5, 5.41) is 8.50. The maximum atomic E-state index is 8.50. The smallest absolute Gasteiger partial charge is 0.117 e. The molecule has 0 aliphatic rings. The largest absolute Gasteiger partial charge is 0.468 e. The van der Waals surface area contributed by atoms with Gasteiger partial charge in [0, 0.05) is 20.1 Å². The predicted molar refractivity (Wildman–Crippen MR) is 60.7 cm³/mol. The van der Waals surface area contributed by atoms with Gasteiger partial charge in [0.25, 0.3) is 0 Å². The molecule has 4 nitrogen and oxygen atoms in total. The van der Waals surface area contributed by atoms with Gasteiger partial charge in [-0.2, -0.15) is 5.26 Å². The molecule has 0 spiro atoms. The number of furan rings is 1. The third-order valence-electron chi connectivity index (χ3n) is 2.33. The van der Waals surface area contributed by atoms with Crippen LogP contribution >= 0.6 is 0 Å². The zero-order valence-corrected chi connectivity index (χ0v) is 9.69. The van der Waals surface area contributed by atoms with Crippen molar-refractivity contribution in [2.75, 3.05) is 26.8 Å². The Labute approximate surface area is 96.4 Å². The minimum absolute atomic E-state index is 0.599. The van der Waals surface area contributed by atoms with E-state index in [0.717, 1.165) is 31.8 Å². The highest BCUT2D eigenvalue weighted by atomic mass is 16.5. The number of rotatable bonds is 8. The van der Waals surface area contributed by atoms with Crippen LogP contribution in [0.4, 0.5) is 0 Å². The number of hydrogen-bond acceptors (Lipinski definition) is 4. The molecule has 4 heteroatoms. The number of nitrogens with zero attached hydrogens (tertiary/aromatic N) is 2. The van der Waals surface area contributed by atoms with Gasteiger partial charge in [0.15, 0.2) is 0 Å². The lowest BCUT2D eigenvalue weighted by molar-refractivity contribution is 0.138. The maximum absolute atomic E-state index is 8.50. The van der Waals surface area contributed by atoms with E-state index >= 15 is 0 Å². The Kier molecular flexibility index (Phi) is 6.31. The van der Waals surface area contributed by atoms with Gasteiger partial charge in [-0.1, -0.05) is 0 Å². The minimum atomic E-state index is 0.599. The van der Waals surface area contributed by atoms with Crippen LogP contribution in [0.15, 0.2) is 22.8 Å². The van der Waals surface area contributed by atoms with Crippen molar-refractivity contribution in [3.8, 4) is 6.07 Å². The monoisotopic (exact) mass is 222 g/mol. The van der Waals surface area contributed by atoms with Crippen LogP contribution < -0.4 is 0 Å². The zero-order valence-electron chi connectivity index (χ0n) is 9.69. The van der Waals surface area contributed by atoms with E-state index in [1.807, 2.05) is 12.1 Å². The van der Waals surface area contributed by atoms with Gasteiger partial charge in [-0.05, 0) is 25.1 Å². The summed E-state index contributed by atoms with van der Waals surface area (Å²) in [5.41, 5.74) is 0. The third kappa shape index (κ3) is 4.96. The van der Waals surface area contributed by atoms with E-state index in [2.05, 4.69) is 11.0 Å². The van der Waals surface area contributed by atoms with Gasteiger partial charge in [0.2, 0.25) is 0 Å². The van der Waals surface area contributed by atoms with Gasteiger partial charge in [-0.3, -0.25) is 4.90 Å². The molecular weight excluding hydrogens is 204 g/mol. The van der Waals surface area contributed by atoms with Crippen LogP contribution in [0.5, 0.6) is 0 Å². The van der Waals surface area contributed by atoms with E-state index in [4.69, 9.17) is 14.4 Å². The highest BCUT2D eigenvalue weighted by molar-refractivity contribution is 4.97. The molecule has 0 saturated carbocycles. The first-order chi connectivity index (χ1) is 7.86. The molecule has 0 radical (unpaired) electrons. The first-order valence-corrected chi connectivity index (χ1v) is 5.47. The van der Waals surface area contributed by atoms with Crippen molar-refractivity contribution >= 4 is 0 Å². The Morgan fingerprint density at radius 3 is 3.00 bits per heavy atom. The molecule has 16 heavy (non-hydrogen) atoms. The summed E-state index contributed by atoms with van der Waals surface area (Å²) in [5.74, 6) is 0.952. The molecule has 0 aromatic carbocycles. The highest BCUT2D eigenvalue weighted by Gasteiger charge is 2.07. The van der Waals surface area contributed by atoms with Gasteiger partial charge in [-0.15, -0.1) is 0 Å². The molecule has 0 amide bonds. The Balaban J connectivity index is 2.34. The normalized spacial score (nSPS) is 10.6. The number of hydrogen-bond donors (Lipinski definition) is 0. The molecule has 0 unspecified atom stereocenters. The van der Waals surface area contributed by atoms with Crippen LogP contribution in [0.1, 0.15) is 18.6 Å². The zero-order chi connectivity index (χ0) is 11.6. The first-order valence-electron chi connectivity index (χ1n) is 5.47. The molecule has 0 bridgehead atoms. The Morgan fingerprint density at radius 1 is 1.50 bits per heavy atom. The maximum Gasteiger partial charge on any atom is 0.117 e. The quantitative estimate of drug-likeness (QED) is 0.631. The SMILES string of the molecule is COCCN(CCCC#N)Cc1ccco1. The Morgan fingerprint density at radius 2 is 2.38 bits per heavy atom. The van der Waals surface area contributed by atoms with E-state index in [0.29, 0.717) is 13.0 Å². The molecule has 1 rings (SSSR count). The number of methoxy groups -OCH3 is 1. The van der Waals surface area contributed by atoms with Crippen LogP contribution in [-0.2, 0) is 11.3 Å². The van der Waals surface area contributed by atoms with Crippen molar-refractivity contribution < 1.29 is 9.15 Å². The van der Waals surface area contributed by atoms with E-state index in [1.54, 1.807) is 13.4 Å². The van der Waals surface area contributed by atoms with Gasteiger partial charge in [0.1, 0.15) is 5.76 Å². The van der Waals surface area contributed by atoms with E-state index in [-0.39, 0.29) is 0 Å². The lowest BCUT2D eigenvalue weighted by Crippen LogP contribution is -2.27. The Bertz CT molecular complexity index is 303. The third-order valence-corrected chi connectivity index (χ3v) is 2.33. The van der Waals surface area contributed by atoms with Crippen LogP contribution in [0.3, 0.4) is 0 Å². The van der Waals surface area contributed by atoms with Crippen molar-refractivity contribution in [1.82, 2.24) is 4.90 Å². The van der Waals surface area contributed by atoms with Crippen LogP contribution in [-0.4, -0.2) is 31.7 Å². The lowest BCUT2D eigenvalue weighted by atomic mass is 10.3. The second-order valence-corrected chi connectivity index (χ2v) is 3.61. The predicted octanol–water partition coefficient (Wildman–Crippen LogP) is 2.03. The van der Waals surface area contributed by atoms with E-state index in [1.165, 1.54) is 0 Å². The Hall–Kier alpha value is -1.31. The van der Waals surface area contributed by atoms with Crippen LogP contribution in [0.2, 0.25) is 0 Å². The second kappa shape index (κ2) is 7.91. The average Bonchev–Trinajstić information content (AvgIpc) is 2.78. The summed E-state index contributed by atoms with van der Waals surface area (Å²) in [4.78, 5) is 2.24. The molecule has 1 heterocycles. The van der Waals surface area contributed by atoms with Crippen molar-refractivity contribution in [3.63, 3.8) is 0 Å². The first kappa shape index (κ1) is 12.8. The van der Waals surface area contributed by atoms with Crippen LogP contribution in [0, 0.1) is 11.3 Å². The summed E-state index contributed by atoms with van der Waals surface area (Å²) >= 11 is 0. The molecule has 0 aliphatic carbocycles. The van der Waals surface area contributed by atoms with Crippen molar-refractivity contribution in [3.05, 3.63) is 24.2 Å². The number of unbranched alkanes of at least 4 members (excludes halogenated alkanes) is 1.